The molecule has 0 aromatic heterocycles. The van der Waals surface area contributed by atoms with Crippen LogP contribution < -0.4 is 10.6 Å². The van der Waals surface area contributed by atoms with Gasteiger partial charge in [-0.2, -0.15) is 0 Å². The second-order valence-electron chi connectivity index (χ2n) is 5.54. The number of rotatable bonds is 5. The number of allylic oxidation sites excluding steroid dienone is 1. The number of nitrogens with one attached hydrogen (secondary N) is 2. The average Bonchev–Trinajstić information content (AvgIpc) is 2.48. The molecule has 0 saturated carbocycles. The van der Waals surface area contributed by atoms with E-state index in [0.29, 0.717) is 12.2 Å². The minimum atomic E-state index is -3.21. The Bertz CT molecular complexity index is 648. The molecule has 1 aromatic rings. The minimum Gasteiger partial charge on any atom is -0.338 e. The molecule has 2 amide bonds. The molecule has 5 nitrogen and oxygen atoms in total. The number of hydrogen-bond donors (Lipinski definition) is 2. The Kier molecular flexibility index (Phi) is 5.60. The van der Waals surface area contributed by atoms with Gasteiger partial charge in [-0.05, 0) is 56.4 Å². The van der Waals surface area contributed by atoms with Crippen molar-refractivity contribution in [2.75, 3.05) is 18.1 Å². The highest BCUT2D eigenvalue weighted by Gasteiger charge is 2.08. The van der Waals surface area contributed by atoms with Gasteiger partial charge in [0, 0.05) is 18.5 Å². The monoisotopic (exact) mass is 322 g/mol. The van der Waals surface area contributed by atoms with Crippen molar-refractivity contribution in [2.45, 2.75) is 37.0 Å². The van der Waals surface area contributed by atoms with Crippen molar-refractivity contribution < 1.29 is 13.2 Å². The van der Waals surface area contributed by atoms with Gasteiger partial charge in [-0.25, -0.2) is 13.2 Å². The van der Waals surface area contributed by atoms with Crippen LogP contribution in [0.4, 0.5) is 10.5 Å². The molecule has 0 fully saturated rings. The van der Waals surface area contributed by atoms with E-state index in [4.69, 9.17) is 0 Å². The summed E-state index contributed by atoms with van der Waals surface area (Å²) in [6, 6.07) is 5.86. The first-order chi connectivity index (χ1) is 10.4. The molecule has 120 valence electrons. The fraction of sp³-hybridized carbons (Fsp3) is 0.438. The number of carbonyl (C=O) groups is 1. The quantitative estimate of drug-likeness (QED) is 0.818. The number of amides is 2. The lowest BCUT2D eigenvalue weighted by molar-refractivity contribution is 0.252. The van der Waals surface area contributed by atoms with E-state index in [1.54, 1.807) is 12.1 Å². The Morgan fingerprint density at radius 2 is 1.91 bits per heavy atom. The molecule has 22 heavy (non-hydrogen) atoms. The molecule has 0 aliphatic heterocycles. The van der Waals surface area contributed by atoms with Crippen molar-refractivity contribution in [1.29, 1.82) is 0 Å². The predicted octanol–water partition coefficient (Wildman–Crippen LogP) is 3.10. The van der Waals surface area contributed by atoms with Crippen molar-refractivity contribution in [3.8, 4) is 0 Å². The molecule has 2 rings (SSSR count). The smallest absolute Gasteiger partial charge is 0.319 e. The molecule has 0 bridgehead atoms. The van der Waals surface area contributed by atoms with Crippen LogP contribution in [0.5, 0.6) is 0 Å². The average molecular weight is 322 g/mol. The second-order valence-corrected chi connectivity index (χ2v) is 7.55. The van der Waals surface area contributed by atoms with Crippen LogP contribution in [0.2, 0.25) is 0 Å². The number of hydrogen-bond acceptors (Lipinski definition) is 3. The van der Waals surface area contributed by atoms with E-state index in [1.807, 2.05) is 0 Å². The van der Waals surface area contributed by atoms with Crippen LogP contribution in [0.1, 0.15) is 32.1 Å². The van der Waals surface area contributed by atoms with E-state index in [9.17, 15) is 13.2 Å². The predicted molar refractivity (Wildman–Crippen MR) is 87.7 cm³/mol. The summed E-state index contributed by atoms with van der Waals surface area (Å²) in [4.78, 5) is 12.0. The summed E-state index contributed by atoms with van der Waals surface area (Å²) in [6.45, 7) is 0.610. The van der Waals surface area contributed by atoms with E-state index >= 15 is 0 Å². The third-order valence-corrected chi connectivity index (χ3v) is 4.79. The van der Waals surface area contributed by atoms with Gasteiger partial charge < -0.3 is 10.6 Å². The van der Waals surface area contributed by atoms with Crippen LogP contribution in [-0.4, -0.2) is 27.2 Å². The van der Waals surface area contributed by atoms with Crippen LogP contribution in [0.3, 0.4) is 0 Å². The summed E-state index contributed by atoms with van der Waals surface area (Å²) in [7, 11) is -3.21. The van der Waals surface area contributed by atoms with Gasteiger partial charge in [-0.3, -0.25) is 0 Å². The van der Waals surface area contributed by atoms with Crippen LogP contribution in [-0.2, 0) is 9.84 Å². The Morgan fingerprint density at radius 1 is 1.18 bits per heavy atom. The number of urea groups is 1. The highest BCUT2D eigenvalue weighted by atomic mass is 32.2. The zero-order valence-corrected chi connectivity index (χ0v) is 13.6. The van der Waals surface area contributed by atoms with Crippen molar-refractivity contribution in [2.24, 2.45) is 0 Å². The molecule has 0 spiro atoms. The van der Waals surface area contributed by atoms with Crippen molar-refractivity contribution in [3.05, 3.63) is 35.9 Å². The maximum atomic E-state index is 11.8. The third kappa shape index (κ3) is 5.18. The molecule has 6 heteroatoms. The van der Waals surface area contributed by atoms with E-state index < -0.39 is 9.84 Å². The van der Waals surface area contributed by atoms with Crippen molar-refractivity contribution in [1.82, 2.24) is 5.32 Å². The maximum Gasteiger partial charge on any atom is 0.319 e. The molecule has 0 atom stereocenters. The van der Waals surface area contributed by atoms with Gasteiger partial charge in [0.25, 0.3) is 0 Å². The van der Waals surface area contributed by atoms with Gasteiger partial charge in [-0.15, -0.1) is 0 Å². The zero-order valence-electron chi connectivity index (χ0n) is 12.8. The third-order valence-electron chi connectivity index (χ3n) is 3.66. The van der Waals surface area contributed by atoms with Gasteiger partial charge in [0.05, 0.1) is 4.90 Å². The summed E-state index contributed by atoms with van der Waals surface area (Å²) in [5.74, 6) is 0. The fourth-order valence-corrected chi connectivity index (χ4v) is 3.06. The van der Waals surface area contributed by atoms with Gasteiger partial charge >= 0.3 is 6.03 Å². The lowest BCUT2D eigenvalue weighted by Gasteiger charge is -2.13. The molecule has 0 unspecified atom stereocenters. The Labute approximate surface area is 131 Å². The number of anilines is 1. The molecular formula is C16H22N2O3S. The molecule has 2 N–H and O–H groups in total. The maximum absolute atomic E-state index is 11.8. The second kappa shape index (κ2) is 7.45. The summed E-state index contributed by atoms with van der Waals surface area (Å²) >= 11 is 0. The largest absolute Gasteiger partial charge is 0.338 e. The van der Waals surface area contributed by atoms with E-state index in [0.717, 1.165) is 25.5 Å². The highest BCUT2D eigenvalue weighted by molar-refractivity contribution is 7.90. The number of benzene rings is 1. The molecule has 1 aromatic carbocycles. The summed E-state index contributed by atoms with van der Waals surface area (Å²) in [5, 5.41) is 5.51. The van der Waals surface area contributed by atoms with Gasteiger partial charge in [0.2, 0.25) is 0 Å². The van der Waals surface area contributed by atoms with Crippen LogP contribution in [0, 0.1) is 0 Å². The van der Waals surface area contributed by atoms with E-state index in [2.05, 4.69) is 16.7 Å². The first-order valence-electron chi connectivity index (χ1n) is 7.48. The SMILES string of the molecule is CS(=O)(=O)c1ccc(NC(=O)NCCC2=CCCCC2)cc1. The molecule has 0 saturated heterocycles. The van der Waals surface area contributed by atoms with Crippen LogP contribution in [0.25, 0.3) is 0 Å². The van der Waals surface area contributed by atoms with E-state index in [-0.39, 0.29) is 10.9 Å². The molecule has 1 aliphatic rings. The van der Waals surface area contributed by atoms with E-state index in [1.165, 1.54) is 30.5 Å². The van der Waals surface area contributed by atoms with Gasteiger partial charge in [0.15, 0.2) is 9.84 Å². The fourth-order valence-electron chi connectivity index (χ4n) is 2.43. The summed E-state index contributed by atoms with van der Waals surface area (Å²) in [6.07, 6.45) is 9.10. The topological polar surface area (TPSA) is 75.3 Å². The van der Waals surface area contributed by atoms with Gasteiger partial charge in [-0.1, -0.05) is 11.6 Å². The first-order valence-corrected chi connectivity index (χ1v) is 9.37. The van der Waals surface area contributed by atoms with Crippen LogP contribution in [0.15, 0.2) is 40.8 Å². The molecule has 0 heterocycles. The number of sulfone groups is 1. The normalized spacial score (nSPS) is 15.0. The minimum absolute atomic E-state index is 0.239. The lowest BCUT2D eigenvalue weighted by atomic mass is 9.97. The van der Waals surface area contributed by atoms with Crippen molar-refractivity contribution in [3.63, 3.8) is 0 Å². The highest BCUT2D eigenvalue weighted by Crippen LogP contribution is 2.19. The zero-order chi connectivity index (χ0) is 16.0. The van der Waals surface area contributed by atoms with Crippen LogP contribution >= 0.6 is 0 Å². The summed E-state index contributed by atoms with van der Waals surface area (Å²) < 4.78 is 22.7. The Hall–Kier alpha value is -1.82. The Balaban J connectivity index is 1.78. The Morgan fingerprint density at radius 3 is 2.50 bits per heavy atom. The van der Waals surface area contributed by atoms with Crippen molar-refractivity contribution >= 4 is 21.6 Å². The molecular weight excluding hydrogens is 300 g/mol. The molecule has 0 radical (unpaired) electrons. The first kappa shape index (κ1) is 16.5. The van der Waals surface area contributed by atoms with Gasteiger partial charge in [0.1, 0.15) is 0 Å². The standard InChI is InChI=1S/C16H22N2O3S/c1-22(20,21)15-9-7-14(8-10-15)18-16(19)17-12-11-13-5-3-2-4-6-13/h5,7-10H,2-4,6,11-12H2,1H3,(H2,17,18,19). The summed E-state index contributed by atoms with van der Waals surface area (Å²) in [5.41, 5.74) is 1.99. The number of carbonyl (C=O) groups excluding carboxylic acids is 1. The molecule has 1 aliphatic carbocycles. The lowest BCUT2D eigenvalue weighted by Crippen LogP contribution is -2.29.